The molecule has 0 spiro atoms. The first-order valence-corrected chi connectivity index (χ1v) is 5.94. The van der Waals surface area contributed by atoms with E-state index in [0.717, 1.165) is 0 Å². The number of halogens is 2. The van der Waals surface area contributed by atoms with Gasteiger partial charge in [0.15, 0.2) is 5.69 Å². The van der Waals surface area contributed by atoms with Gasteiger partial charge in [0.25, 0.3) is 5.69 Å². The topological polar surface area (TPSA) is 65.3 Å². The fraction of sp³-hybridized carbons (Fsp3) is 0.0833. The first-order valence-electron chi connectivity index (χ1n) is 5.18. The first-order chi connectivity index (χ1) is 9.04. The van der Waals surface area contributed by atoms with Crippen molar-refractivity contribution in [3.05, 3.63) is 50.5 Å². The van der Waals surface area contributed by atoms with Gasteiger partial charge in [-0.2, -0.15) is 0 Å². The van der Waals surface area contributed by atoms with Crippen molar-refractivity contribution in [2.75, 3.05) is 7.11 Å². The van der Waals surface area contributed by atoms with E-state index in [0.29, 0.717) is 10.6 Å². The molecule has 7 heteroatoms. The van der Waals surface area contributed by atoms with Crippen LogP contribution in [0.15, 0.2) is 30.3 Å². The Morgan fingerprint density at radius 1 is 1.26 bits per heavy atom. The van der Waals surface area contributed by atoms with Crippen LogP contribution in [-0.4, -0.2) is 17.0 Å². The average molecular weight is 299 g/mol. The van der Waals surface area contributed by atoms with Crippen LogP contribution in [0, 0.1) is 10.1 Å². The molecule has 0 radical (unpaired) electrons. The summed E-state index contributed by atoms with van der Waals surface area (Å²) in [5.74, 6) is 0.261. The monoisotopic (exact) mass is 298 g/mol. The maximum atomic E-state index is 11.0. The highest BCUT2D eigenvalue weighted by Gasteiger charge is 2.21. The van der Waals surface area contributed by atoms with E-state index in [1.807, 2.05) is 0 Å². The van der Waals surface area contributed by atoms with Crippen LogP contribution in [0.2, 0.25) is 10.0 Å². The first kappa shape index (κ1) is 13.6. The van der Waals surface area contributed by atoms with Crippen molar-refractivity contribution in [2.24, 2.45) is 0 Å². The third-order valence-electron chi connectivity index (χ3n) is 2.46. The quantitative estimate of drug-likeness (QED) is 0.635. The van der Waals surface area contributed by atoms with E-state index in [-0.39, 0.29) is 22.3 Å². The zero-order valence-electron chi connectivity index (χ0n) is 9.76. The molecular formula is C12H8Cl2N2O3. The van der Waals surface area contributed by atoms with Crippen molar-refractivity contribution in [3.63, 3.8) is 0 Å². The van der Waals surface area contributed by atoms with Crippen LogP contribution in [0.4, 0.5) is 5.69 Å². The fourth-order valence-electron chi connectivity index (χ4n) is 1.58. The molecule has 2 rings (SSSR count). The lowest BCUT2D eigenvalue weighted by Crippen LogP contribution is -1.97. The molecule has 5 nitrogen and oxygen atoms in total. The Balaban J connectivity index is 2.72. The highest BCUT2D eigenvalue weighted by Crippen LogP contribution is 2.37. The van der Waals surface area contributed by atoms with E-state index >= 15 is 0 Å². The average Bonchev–Trinajstić information content (AvgIpc) is 2.41. The number of nitrogens with zero attached hydrogens (tertiary/aromatic N) is 2. The van der Waals surface area contributed by atoms with Gasteiger partial charge in [0.05, 0.1) is 22.1 Å². The van der Waals surface area contributed by atoms with Crippen molar-refractivity contribution in [1.82, 2.24) is 4.98 Å². The lowest BCUT2D eigenvalue weighted by molar-refractivity contribution is -0.384. The molecule has 0 aliphatic rings. The van der Waals surface area contributed by atoms with E-state index < -0.39 is 4.92 Å². The SMILES string of the molecule is COc1ccc([N+](=O)[O-])c(-c2cccc(Cl)c2Cl)n1. The molecule has 0 bridgehead atoms. The Morgan fingerprint density at radius 2 is 2.00 bits per heavy atom. The van der Waals surface area contributed by atoms with Gasteiger partial charge < -0.3 is 4.74 Å². The Hall–Kier alpha value is -1.85. The second-order valence-corrected chi connectivity index (χ2v) is 4.36. The third-order valence-corrected chi connectivity index (χ3v) is 3.28. The summed E-state index contributed by atoms with van der Waals surface area (Å²) in [5, 5.41) is 11.6. The van der Waals surface area contributed by atoms with E-state index in [2.05, 4.69) is 4.98 Å². The van der Waals surface area contributed by atoms with E-state index in [1.54, 1.807) is 18.2 Å². The Bertz CT molecular complexity index is 647. The molecule has 98 valence electrons. The van der Waals surface area contributed by atoms with Crippen molar-refractivity contribution >= 4 is 28.9 Å². The van der Waals surface area contributed by atoms with E-state index in [4.69, 9.17) is 27.9 Å². The largest absolute Gasteiger partial charge is 0.481 e. The molecule has 0 aliphatic heterocycles. The fourth-order valence-corrected chi connectivity index (χ4v) is 1.97. The zero-order valence-corrected chi connectivity index (χ0v) is 11.3. The molecule has 0 fully saturated rings. The van der Waals surface area contributed by atoms with Crippen molar-refractivity contribution in [2.45, 2.75) is 0 Å². The third kappa shape index (κ3) is 2.62. The molecule has 0 saturated heterocycles. The number of hydrogen-bond acceptors (Lipinski definition) is 4. The molecule has 0 N–H and O–H groups in total. The number of rotatable bonds is 3. The summed E-state index contributed by atoms with van der Waals surface area (Å²) in [6.45, 7) is 0. The molecule has 2 aromatic rings. The molecule has 0 unspecified atom stereocenters. The van der Waals surface area contributed by atoms with Gasteiger partial charge in [-0.3, -0.25) is 10.1 Å². The maximum absolute atomic E-state index is 11.0. The van der Waals surface area contributed by atoms with Crippen molar-refractivity contribution < 1.29 is 9.66 Å². The highest BCUT2D eigenvalue weighted by molar-refractivity contribution is 6.43. The summed E-state index contributed by atoms with van der Waals surface area (Å²) in [6.07, 6.45) is 0. The van der Waals surface area contributed by atoms with Gasteiger partial charge >= 0.3 is 0 Å². The van der Waals surface area contributed by atoms with Gasteiger partial charge in [0, 0.05) is 17.7 Å². The van der Waals surface area contributed by atoms with Crippen LogP contribution in [0.5, 0.6) is 5.88 Å². The molecule has 1 aromatic heterocycles. The smallest absolute Gasteiger partial charge is 0.295 e. The van der Waals surface area contributed by atoms with E-state index in [9.17, 15) is 10.1 Å². The summed E-state index contributed by atoms with van der Waals surface area (Å²) in [6, 6.07) is 7.59. The van der Waals surface area contributed by atoms with Crippen molar-refractivity contribution in [3.8, 4) is 17.1 Å². The van der Waals surface area contributed by atoms with Crippen LogP contribution in [0.3, 0.4) is 0 Å². The summed E-state index contributed by atoms with van der Waals surface area (Å²) in [5.41, 5.74) is 0.349. The van der Waals surface area contributed by atoms with Gasteiger partial charge in [-0.05, 0) is 6.07 Å². The van der Waals surface area contributed by atoms with E-state index in [1.165, 1.54) is 19.2 Å². The number of aromatic nitrogens is 1. The molecule has 0 saturated carbocycles. The van der Waals surface area contributed by atoms with Crippen LogP contribution >= 0.6 is 23.2 Å². The lowest BCUT2D eigenvalue weighted by Gasteiger charge is -2.07. The van der Waals surface area contributed by atoms with Gasteiger partial charge in [-0.25, -0.2) is 4.98 Å². The summed E-state index contributed by atoms with van der Waals surface area (Å²) < 4.78 is 4.97. The minimum absolute atomic E-state index is 0.122. The van der Waals surface area contributed by atoms with Crippen molar-refractivity contribution in [1.29, 1.82) is 0 Å². The maximum Gasteiger partial charge on any atom is 0.295 e. The predicted molar refractivity (Wildman–Crippen MR) is 72.9 cm³/mol. The molecule has 0 atom stereocenters. The summed E-state index contributed by atoms with van der Waals surface area (Å²) >= 11 is 12.0. The molecule has 0 amide bonds. The van der Waals surface area contributed by atoms with Crippen LogP contribution in [0.25, 0.3) is 11.3 Å². The molecule has 19 heavy (non-hydrogen) atoms. The lowest BCUT2D eigenvalue weighted by atomic mass is 10.1. The van der Waals surface area contributed by atoms with Gasteiger partial charge in [0.1, 0.15) is 0 Å². The van der Waals surface area contributed by atoms with Gasteiger partial charge in [-0.1, -0.05) is 35.3 Å². The summed E-state index contributed by atoms with van der Waals surface area (Å²) in [4.78, 5) is 14.6. The molecular weight excluding hydrogens is 291 g/mol. The number of hydrogen-bond donors (Lipinski definition) is 0. The number of nitro groups is 1. The second kappa shape index (κ2) is 5.42. The van der Waals surface area contributed by atoms with Crippen LogP contribution in [-0.2, 0) is 0 Å². The molecule has 1 aromatic carbocycles. The number of pyridine rings is 1. The standard InChI is InChI=1S/C12H8Cl2N2O3/c1-19-10-6-5-9(16(17)18)12(15-10)7-3-2-4-8(13)11(7)14/h2-6H,1H3. The van der Waals surface area contributed by atoms with Crippen LogP contribution in [0.1, 0.15) is 0 Å². The number of ether oxygens (including phenoxy) is 1. The zero-order chi connectivity index (χ0) is 14.0. The Kier molecular flexibility index (Phi) is 3.87. The molecule has 1 heterocycles. The number of benzene rings is 1. The van der Waals surface area contributed by atoms with Crippen LogP contribution < -0.4 is 4.74 Å². The Morgan fingerprint density at radius 3 is 2.63 bits per heavy atom. The normalized spacial score (nSPS) is 10.3. The van der Waals surface area contributed by atoms with Gasteiger partial charge in [0.2, 0.25) is 5.88 Å². The highest BCUT2D eigenvalue weighted by atomic mass is 35.5. The summed E-state index contributed by atoms with van der Waals surface area (Å²) in [7, 11) is 1.43. The second-order valence-electron chi connectivity index (χ2n) is 3.58. The predicted octanol–water partition coefficient (Wildman–Crippen LogP) is 3.97. The molecule has 0 aliphatic carbocycles. The minimum Gasteiger partial charge on any atom is -0.481 e. The Labute approximate surface area is 118 Å². The number of methoxy groups -OCH3 is 1. The minimum atomic E-state index is -0.529. The van der Waals surface area contributed by atoms with Gasteiger partial charge in [-0.15, -0.1) is 0 Å².